The summed E-state index contributed by atoms with van der Waals surface area (Å²) in [5, 5.41) is 7.94. The molecule has 1 heterocycles. The van der Waals surface area contributed by atoms with E-state index in [4.69, 9.17) is 9.47 Å². The van der Waals surface area contributed by atoms with Crippen molar-refractivity contribution < 1.29 is 19.1 Å². The molecule has 6 nitrogen and oxygen atoms in total. The van der Waals surface area contributed by atoms with E-state index in [0.29, 0.717) is 17.2 Å². The normalized spacial score (nSPS) is 20.5. The van der Waals surface area contributed by atoms with Crippen molar-refractivity contribution >= 4 is 28.3 Å². The molecule has 0 spiro atoms. The van der Waals surface area contributed by atoms with Gasteiger partial charge in [0.05, 0.1) is 18.3 Å². The third-order valence-electron chi connectivity index (χ3n) is 3.44. The molecule has 0 bridgehead atoms. The molecule has 116 valence electrons. The van der Waals surface area contributed by atoms with E-state index in [-0.39, 0.29) is 18.2 Å². The molecule has 1 aromatic heterocycles. The van der Waals surface area contributed by atoms with Crippen molar-refractivity contribution in [2.24, 2.45) is 0 Å². The van der Waals surface area contributed by atoms with E-state index in [2.05, 4.69) is 10.6 Å². The maximum Gasteiger partial charge on any atom is 0.341 e. The summed E-state index contributed by atoms with van der Waals surface area (Å²) in [4.78, 5) is 23.8. The first kappa shape index (κ1) is 15.8. The van der Waals surface area contributed by atoms with E-state index in [0.717, 1.165) is 18.4 Å². The van der Waals surface area contributed by atoms with Crippen molar-refractivity contribution in [2.75, 3.05) is 19.0 Å². The van der Waals surface area contributed by atoms with E-state index in [1.165, 1.54) is 11.3 Å². The van der Waals surface area contributed by atoms with Crippen molar-refractivity contribution in [1.82, 2.24) is 5.32 Å². The summed E-state index contributed by atoms with van der Waals surface area (Å²) in [6, 6.07) is -0.177. The predicted octanol–water partition coefficient (Wildman–Crippen LogP) is 2.53. The topological polar surface area (TPSA) is 76.7 Å². The number of nitrogens with one attached hydrogen (secondary N) is 2. The monoisotopic (exact) mass is 312 g/mol. The smallest absolute Gasteiger partial charge is 0.341 e. The van der Waals surface area contributed by atoms with Gasteiger partial charge in [-0.15, -0.1) is 11.3 Å². The lowest BCUT2D eigenvalue weighted by Crippen LogP contribution is -2.48. The molecule has 0 aliphatic heterocycles. The second kappa shape index (κ2) is 6.91. The first-order valence-electron chi connectivity index (χ1n) is 6.90. The summed E-state index contributed by atoms with van der Waals surface area (Å²) in [6.45, 7) is 3.88. The molecule has 2 N–H and O–H groups in total. The van der Waals surface area contributed by atoms with E-state index in [1.807, 2.05) is 12.3 Å². The number of hydrogen-bond donors (Lipinski definition) is 2. The van der Waals surface area contributed by atoms with Gasteiger partial charge in [0.25, 0.3) is 0 Å². The van der Waals surface area contributed by atoms with Crippen molar-refractivity contribution in [2.45, 2.75) is 38.8 Å². The minimum Gasteiger partial charge on any atom is -0.462 e. The fourth-order valence-electron chi connectivity index (χ4n) is 2.19. The summed E-state index contributed by atoms with van der Waals surface area (Å²) in [6.07, 6.45) is 1.87. The van der Waals surface area contributed by atoms with Gasteiger partial charge in [0.1, 0.15) is 5.00 Å². The minimum absolute atomic E-state index is 0.127. The maximum absolute atomic E-state index is 11.9. The SMILES string of the molecule is CCOC(=O)c1c(C)csc1NC(=O)NC1CC(OC)C1. The van der Waals surface area contributed by atoms with Crippen molar-refractivity contribution in [1.29, 1.82) is 0 Å². The van der Waals surface area contributed by atoms with Crippen LogP contribution in [0.4, 0.5) is 9.80 Å². The van der Waals surface area contributed by atoms with Crippen LogP contribution in [0.2, 0.25) is 0 Å². The molecular weight excluding hydrogens is 292 g/mol. The second-order valence-electron chi connectivity index (χ2n) is 4.97. The standard InChI is InChI=1S/C14H20N2O4S/c1-4-20-13(17)11-8(2)7-21-12(11)16-14(18)15-9-5-10(6-9)19-3/h7,9-10H,4-6H2,1-3H3,(H2,15,16,18). The molecule has 1 aliphatic rings. The summed E-state index contributed by atoms with van der Waals surface area (Å²) in [5.41, 5.74) is 1.23. The fraction of sp³-hybridized carbons (Fsp3) is 0.571. The number of ether oxygens (including phenoxy) is 2. The number of anilines is 1. The number of aryl methyl sites for hydroxylation is 1. The average Bonchev–Trinajstić information content (AvgIpc) is 2.74. The minimum atomic E-state index is -0.408. The zero-order valence-corrected chi connectivity index (χ0v) is 13.2. The highest BCUT2D eigenvalue weighted by atomic mass is 32.1. The summed E-state index contributed by atoms with van der Waals surface area (Å²) < 4.78 is 10.2. The molecule has 0 unspecified atom stereocenters. The van der Waals surface area contributed by atoms with Crippen LogP contribution in [0.1, 0.15) is 35.7 Å². The van der Waals surface area contributed by atoms with E-state index < -0.39 is 5.97 Å². The molecular formula is C14H20N2O4S. The van der Waals surface area contributed by atoms with E-state index in [1.54, 1.807) is 14.0 Å². The number of urea groups is 1. The van der Waals surface area contributed by atoms with Crippen LogP contribution in [0.5, 0.6) is 0 Å². The van der Waals surface area contributed by atoms with Crippen LogP contribution in [0.15, 0.2) is 5.38 Å². The Kier molecular flexibility index (Phi) is 5.19. The highest BCUT2D eigenvalue weighted by molar-refractivity contribution is 7.15. The van der Waals surface area contributed by atoms with Crippen molar-refractivity contribution in [3.63, 3.8) is 0 Å². The molecule has 0 radical (unpaired) electrons. The molecule has 0 aromatic carbocycles. The highest BCUT2D eigenvalue weighted by Crippen LogP contribution is 2.29. The van der Waals surface area contributed by atoms with Gasteiger partial charge >= 0.3 is 12.0 Å². The third-order valence-corrected chi connectivity index (χ3v) is 4.46. The number of carbonyl (C=O) groups is 2. The van der Waals surface area contributed by atoms with Gasteiger partial charge in [-0.2, -0.15) is 0 Å². The Labute approximate surface area is 127 Å². The Morgan fingerprint density at radius 3 is 2.76 bits per heavy atom. The maximum atomic E-state index is 11.9. The number of carbonyl (C=O) groups excluding carboxylic acids is 2. The van der Waals surface area contributed by atoms with Crippen LogP contribution in [-0.4, -0.2) is 37.9 Å². The van der Waals surface area contributed by atoms with Crippen molar-refractivity contribution in [3.8, 4) is 0 Å². The lowest BCUT2D eigenvalue weighted by atomic mass is 9.89. The number of esters is 1. The molecule has 0 atom stereocenters. The lowest BCUT2D eigenvalue weighted by molar-refractivity contribution is 0.0210. The Hall–Kier alpha value is -1.60. The molecule has 1 fully saturated rings. The van der Waals surface area contributed by atoms with Crippen LogP contribution < -0.4 is 10.6 Å². The molecule has 1 aromatic rings. The molecule has 0 saturated heterocycles. The largest absolute Gasteiger partial charge is 0.462 e. The van der Waals surface area contributed by atoms with Crippen LogP contribution in [0, 0.1) is 6.92 Å². The van der Waals surface area contributed by atoms with Gasteiger partial charge in [-0.3, -0.25) is 5.32 Å². The Balaban J connectivity index is 1.93. The van der Waals surface area contributed by atoms with Crippen LogP contribution >= 0.6 is 11.3 Å². The van der Waals surface area contributed by atoms with E-state index >= 15 is 0 Å². The average molecular weight is 312 g/mol. The summed E-state index contributed by atoms with van der Waals surface area (Å²) in [5.74, 6) is -0.408. The lowest BCUT2D eigenvalue weighted by Gasteiger charge is -2.34. The van der Waals surface area contributed by atoms with Gasteiger partial charge in [-0.25, -0.2) is 9.59 Å². The number of methoxy groups -OCH3 is 1. The Morgan fingerprint density at radius 2 is 2.14 bits per heavy atom. The van der Waals surface area contributed by atoms with E-state index in [9.17, 15) is 9.59 Å². The molecule has 7 heteroatoms. The quantitative estimate of drug-likeness (QED) is 0.819. The Morgan fingerprint density at radius 1 is 1.43 bits per heavy atom. The van der Waals surface area contributed by atoms with Gasteiger partial charge in [0, 0.05) is 13.2 Å². The Bertz CT molecular complexity index is 523. The van der Waals surface area contributed by atoms with Crippen LogP contribution in [0.25, 0.3) is 0 Å². The van der Waals surface area contributed by atoms with Gasteiger partial charge in [-0.1, -0.05) is 0 Å². The van der Waals surface area contributed by atoms with Gasteiger partial charge in [-0.05, 0) is 37.6 Å². The zero-order valence-electron chi connectivity index (χ0n) is 12.4. The van der Waals surface area contributed by atoms with Gasteiger partial charge in [0.2, 0.25) is 0 Å². The summed E-state index contributed by atoms with van der Waals surface area (Å²) in [7, 11) is 1.67. The first-order valence-corrected chi connectivity index (χ1v) is 7.78. The van der Waals surface area contributed by atoms with Gasteiger partial charge in [0.15, 0.2) is 0 Å². The van der Waals surface area contributed by atoms with Crippen molar-refractivity contribution in [3.05, 3.63) is 16.5 Å². The highest BCUT2D eigenvalue weighted by Gasteiger charge is 2.30. The zero-order chi connectivity index (χ0) is 15.4. The molecule has 2 rings (SSSR count). The molecule has 2 amide bonds. The third kappa shape index (κ3) is 3.74. The number of amides is 2. The molecule has 21 heavy (non-hydrogen) atoms. The predicted molar refractivity (Wildman–Crippen MR) is 81.0 cm³/mol. The molecule has 1 aliphatic carbocycles. The fourth-order valence-corrected chi connectivity index (χ4v) is 3.12. The van der Waals surface area contributed by atoms with Crippen LogP contribution in [0.3, 0.4) is 0 Å². The van der Waals surface area contributed by atoms with Crippen LogP contribution in [-0.2, 0) is 9.47 Å². The molecule has 1 saturated carbocycles. The summed E-state index contributed by atoms with van der Waals surface area (Å²) >= 11 is 1.32. The number of thiophene rings is 1. The number of rotatable bonds is 5. The second-order valence-corrected chi connectivity index (χ2v) is 5.85. The number of hydrogen-bond acceptors (Lipinski definition) is 5. The first-order chi connectivity index (χ1) is 10.0. The van der Waals surface area contributed by atoms with Gasteiger partial charge < -0.3 is 14.8 Å².